The van der Waals surface area contributed by atoms with E-state index in [4.69, 9.17) is 11.6 Å². The van der Waals surface area contributed by atoms with Crippen molar-refractivity contribution in [3.05, 3.63) is 95.5 Å². The highest BCUT2D eigenvalue weighted by Gasteiger charge is 2.33. The lowest BCUT2D eigenvalue weighted by molar-refractivity contribution is -0.139. The topological polar surface area (TPSA) is 86.8 Å². The highest BCUT2D eigenvalue weighted by Crippen LogP contribution is 2.30. The van der Waals surface area contributed by atoms with Crippen molar-refractivity contribution in [3.63, 3.8) is 0 Å². The molecule has 0 heterocycles. The molecule has 4 rings (SSSR count). The van der Waals surface area contributed by atoms with Gasteiger partial charge in [-0.3, -0.25) is 13.9 Å². The number of hydrogen-bond acceptors (Lipinski definition) is 4. The van der Waals surface area contributed by atoms with E-state index in [-0.39, 0.29) is 34.1 Å². The molecule has 9 heteroatoms. The zero-order valence-corrected chi connectivity index (χ0v) is 23.6. The molecule has 3 aromatic carbocycles. The Morgan fingerprint density at radius 3 is 2.13 bits per heavy atom. The molecule has 1 saturated carbocycles. The van der Waals surface area contributed by atoms with E-state index in [0.717, 1.165) is 42.0 Å². The number of rotatable bonds is 10. The maximum absolute atomic E-state index is 14.0. The summed E-state index contributed by atoms with van der Waals surface area (Å²) in [5, 5.41) is 3.30. The van der Waals surface area contributed by atoms with Gasteiger partial charge in [0, 0.05) is 12.6 Å². The van der Waals surface area contributed by atoms with Gasteiger partial charge in [0.1, 0.15) is 12.6 Å². The molecule has 206 valence electrons. The molecule has 1 atom stereocenters. The van der Waals surface area contributed by atoms with E-state index in [1.807, 2.05) is 30.3 Å². The lowest BCUT2D eigenvalue weighted by Crippen LogP contribution is -2.53. The molecule has 0 aliphatic heterocycles. The molecule has 0 radical (unpaired) electrons. The number of nitrogens with one attached hydrogen (secondary N) is 1. The van der Waals surface area contributed by atoms with Crippen LogP contribution in [0.2, 0.25) is 5.02 Å². The molecule has 1 aliphatic rings. The van der Waals surface area contributed by atoms with Crippen LogP contribution < -0.4 is 9.62 Å². The normalized spacial score (nSPS) is 14.8. The third-order valence-corrected chi connectivity index (χ3v) is 9.14. The highest BCUT2D eigenvalue weighted by atomic mass is 35.5. The number of halogens is 1. The second kappa shape index (κ2) is 13.1. The van der Waals surface area contributed by atoms with Gasteiger partial charge in [0.05, 0.1) is 15.6 Å². The summed E-state index contributed by atoms with van der Waals surface area (Å²) in [6.07, 6.45) is 5.13. The third-order valence-electron chi connectivity index (χ3n) is 7.05. The minimum atomic E-state index is -4.15. The summed E-state index contributed by atoms with van der Waals surface area (Å²) in [5.41, 5.74) is 1.02. The fourth-order valence-electron chi connectivity index (χ4n) is 4.82. The zero-order valence-electron chi connectivity index (χ0n) is 22.0. The fourth-order valence-corrected chi connectivity index (χ4v) is 6.56. The molecule has 7 nitrogen and oxygen atoms in total. The fraction of sp³-hybridized carbons (Fsp3) is 0.333. The predicted octanol–water partition coefficient (Wildman–Crippen LogP) is 5.40. The Labute approximate surface area is 235 Å². The number of benzene rings is 3. The molecule has 0 saturated heterocycles. The smallest absolute Gasteiger partial charge is 0.264 e. The van der Waals surface area contributed by atoms with Crippen LogP contribution in [0.5, 0.6) is 0 Å². The van der Waals surface area contributed by atoms with Gasteiger partial charge in [-0.15, -0.1) is 0 Å². The number of carbonyl (C=O) groups excluding carboxylic acids is 2. The summed E-state index contributed by atoms with van der Waals surface area (Å²) in [6.45, 7) is 1.32. The average Bonchev–Trinajstić information content (AvgIpc) is 2.96. The number of hydrogen-bond donors (Lipinski definition) is 1. The van der Waals surface area contributed by atoms with E-state index >= 15 is 0 Å². The maximum atomic E-state index is 14.0. The van der Waals surface area contributed by atoms with Gasteiger partial charge >= 0.3 is 0 Å². The van der Waals surface area contributed by atoms with Gasteiger partial charge in [-0.05, 0) is 49.6 Å². The van der Waals surface area contributed by atoms with Crippen LogP contribution >= 0.6 is 11.6 Å². The first kappa shape index (κ1) is 28.6. The lowest BCUT2D eigenvalue weighted by Gasteiger charge is -2.33. The standard InChI is InChI=1S/C30H34ClN3O4S/c1-23(30(36)32-25-15-7-3-8-16-25)33(21-24-13-5-2-6-14-24)29(35)22-34(28-20-12-11-19-27(28)31)39(37,38)26-17-9-4-10-18-26/h2,4-6,9-14,17-20,23,25H,3,7-8,15-16,21-22H2,1H3,(H,32,36)/t23-/m1/s1. The summed E-state index contributed by atoms with van der Waals surface area (Å²) < 4.78 is 28.6. The second-order valence-corrected chi connectivity index (χ2v) is 12.1. The maximum Gasteiger partial charge on any atom is 0.264 e. The molecule has 0 aromatic heterocycles. The van der Waals surface area contributed by atoms with E-state index in [1.165, 1.54) is 17.0 Å². The van der Waals surface area contributed by atoms with E-state index in [1.54, 1.807) is 49.4 Å². The van der Waals surface area contributed by atoms with Gasteiger partial charge in [0.2, 0.25) is 11.8 Å². The summed E-state index contributed by atoms with van der Waals surface area (Å²) in [7, 11) is -4.15. The largest absolute Gasteiger partial charge is 0.352 e. The first-order valence-electron chi connectivity index (χ1n) is 13.2. The predicted molar refractivity (Wildman–Crippen MR) is 154 cm³/mol. The van der Waals surface area contributed by atoms with Gasteiger partial charge in [-0.1, -0.05) is 91.5 Å². The van der Waals surface area contributed by atoms with Crippen LogP contribution in [0.15, 0.2) is 89.8 Å². The van der Waals surface area contributed by atoms with Crippen LogP contribution in [0, 0.1) is 0 Å². The van der Waals surface area contributed by atoms with Crippen LogP contribution in [0.25, 0.3) is 0 Å². The zero-order chi connectivity index (χ0) is 27.8. The van der Waals surface area contributed by atoms with Crippen LogP contribution in [0.1, 0.15) is 44.6 Å². The monoisotopic (exact) mass is 567 g/mol. The van der Waals surface area contributed by atoms with Crippen LogP contribution in [-0.4, -0.2) is 43.8 Å². The summed E-state index contributed by atoms with van der Waals surface area (Å²) >= 11 is 6.43. The van der Waals surface area contributed by atoms with Gasteiger partial charge in [0.15, 0.2) is 0 Å². The van der Waals surface area contributed by atoms with E-state index < -0.39 is 28.5 Å². The molecular formula is C30H34ClN3O4S. The van der Waals surface area contributed by atoms with Crippen molar-refractivity contribution in [2.45, 2.75) is 62.6 Å². The SMILES string of the molecule is C[C@H](C(=O)NC1CCCCC1)N(Cc1ccccc1)C(=O)CN(c1ccccc1Cl)S(=O)(=O)c1ccccc1. The number of para-hydroxylation sites is 1. The van der Waals surface area contributed by atoms with Crippen molar-refractivity contribution in [1.82, 2.24) is 10.2 Å². The van der Waals surface area contributed by atoms with Crippen LogP contribution in [-0.2, 0) is 26.2 Å². The molecule has 0 spiro atoms. The van der Waals surface area contributed by atoms with Gasteiger partial charge < -0.3 is 10.2 Å². The molecular weight excluding hydrogens is 534 g/mol. The number of carbonyl (C=O) groups is 2. The molecule has 39 heavy (non-hydrogen) atoms. The first-order chi connectivity index (χ1) is 18.8. The highest BCUT2D eigenvalue weighted by molar-refractivity contribution is 7.92. The average molecular weight is 568 g/mol. The molecule has 1 fully saturated rings. The van der Waals surface area contributed by atoms with Gasteiger partial charge in [0.25, 0.3) is 10.0 Å². The van der Waals surface area contributed by atoms with Crippen molar-refractivity contribution < 1.29 is 18.0 Å². The number of sulfonamides is 1. The Morgan fingerprint density at radius 2 is 1.49 bits per heavy atom. The van der Waals surface area contributed by atoms with Crippen molar-refractivity contribution >= 4 is 39.1 Å². The van der Waals surface area contributed by atoms with Crippen LogP contribution in [0.3, 0.4) is 0 Å². The van der Waals surface area contributed by atoms with Crippen LogP contribution in [0.4, 0.5) is 5.69 Å². The molecule has 0 bridgehead atoms. The molecule has 1 aliphatic carbocycles. The first-order valence-corrected chi connectivity index (χ1v) is 15.1. The van der Waals surface area contributed by atoms with E-state index in [9.17, 15) is 18.0 Å². The number of anilines is 1. The van der Waals surface area contributed by atoms with Crippen molar-refractivity contribution in [2.75, 3.05) is 10.8 Å². The van der Waals surface area contributed by atoms with E-state index in [2.05, 4.69) is 5.32 Å². The Morgan fingerprint density at radius 1 is 0.897 bits per heavy atom. The minimum absolute atomic E-state index is 0.0374. The molecule has 2 amide bonds. The summed E-state index contributed by atoms with van der Waals surface area (Å²) in [4.78, 5) is 28.8. The minimum Gasteiger partial charge on any atom is -0.352 e. The van der Waals surface area contributed by atoms with Crippen molar-refractivity contribution in [1.29, 1.82) is 0 Å². The summed E-state index contributed by atoms with van der Waals surface area (Å²) in [5.74, 6) is -0.758. The van der Waals surface area contributed by atoms with E-state index in [0.29, 0.717) is 0 Å². The molecule has 0 unspecified atom stereocenters. The van der Waals surface area contributed by atoms with Crippen molar-refractivity contribution in [3.8, 4) is 0 Å². The van der Waals surface area contributed by atoms with Gasteiger partial charge in [-0.2, -0.15) is 0 Å². The number of amides is 2. The second-order valence-electron chi connectivity index (χ2n) is 9.80. The lowest BCUT2D eigenvalue weighted by atomic mass is 9.95. The van der Waals surface area contributed by atoms with Crippen molar-refractivity contribution in [2.24, 2.45) is 0 Å². The Balaban J connectivity index is 1.66. The Hall–Kier alpha value is -3.36. The molecule has 3 aromatic rings. The Kier molecular flexibility index (Phi) is 9.64. The summed E-state index contributed by atoms with van der Waals surface area (Å²) in [6, 6.07) is 23.1. The number of nitrogens with zero attached hydrogens (tertiary/aromatic N) is 2. The Bertz CT molecular complexity index is 1360. The third kappa shape index (κ3) is 7.19. The quantitative estimate of drug-likeness (QED) is 0.355. The van der Waals surface area contributed by atoms with Gasteiger partial charge in [-0.25, -0.2) is 8.42 Å². The molecule has 1 N–H and O–H groups in total.